The topological polar surface area (TPSA) is 56.7 Å². The van der Waals surface area contributed by atoms with E-state index in [4.69, 9.17) is 0 Å². The number of nitrogens with two attached hydrogens (primary N) is 1. The lowest BCUT2D eigenvalue weighted by molar-refractivity contribution is -0.725. The molecule has 2 aliphatic rings. The molecule has 0 aromatic heterocycles. The standard InChI is InChI=1S/C12H23N.C9H7BrO2/c1-3-7-11(8-4-1)13-12-9-5-2-6-10-12;10-8-3-1-2-7(6-8)4-5-9(11)12/h11-13H,1-10H2;1-6H,(H,11,12)/b;5-4+. The Kier molecular flexibility index (Phi) is 9.27. The van der Waals surface area contributed by atoms with Crippen molar-refractivity contribution in [3.63, 3.8) is 0 Å². The van der Waals surface area contributed by atoms with E-state index < -0.39 is 5.97 Å². The zero-order valence-corrected chi connectivity index (χ0v) is 16.5. The second-order valence-electron chi connectivity index (χ2n) is 7.20. The maximum atomic E-state index is 10.0. The molecular weight excluding hydrogens is 378 g/mol. The minimum Gasteiger partial charge on any atom is -0.545 e. The number of quaternary nitrogens is 1. The van der Waals surface area contributed by atoms with E-state index in [1.54, 1.807) is 0 Å². The molecule has 0 atom stereocenters. The highest BCUT2D eigenvalue weighted by atomic mass is 79.9. The monoisotopic (exact) mass is 407 g/mol. The summed E-state index contributed by atoms with van der Waals surface area (Å²) < 4.78 is 0.919. The van der Waals surface area contributed by atoms with Gasteiger partial charge in [0.1, 0.15) is 0 Å². The first-order chi connectivity index (χ1) is 12.1. The highest BCUT2D eigenvalue weighted by Crippen LogP contribution is 2.18. The molecule has 3 nitrogen and oxygen atoms in total. The highest BCUT2D eigenvalue weighted by molar-refractivity contribution is 9.10. The van der Waals surface area contributed by atoms with E-state index in [1.165, 1.54) is 70.3 Å². The van der Waals surface area contributed by atoms with Gasteiger partial charge in [-0.1, -0.05) is 47.0 Å². The van der Waals surface area contributed by atoms with Crippen LogP contribution in [-0.2, 0) is 4.79 Å². The third-order valence-electron chi connectivity index (χ3n) is 5.10. The maximum Gasteiger partial charge on any atom is 0.0861 e. The summed E-state index contributed by atoms with van der Waals surface area (Å²) in [6, 6.07) is 9.33. The van der Waals surface area contributed by atoms with Gasteiger partial charge in [-0.05, 0) is 75.1 Å². The fraction of sp³-hybridized carbons (Fsp3) is 0.571. The fourth-order valence-corrected chi connectivity index (χ4v) is 4.23. The summed E-state index contributed by atoms with van der Waals surface area (Å²) >= 11 is 3.27. The smallest absolute Gasteiger partial charge is 0.0861 e. The molecule has 2 fully saturated rings. The lowest BCUT2D eigenvalue weighted by Crippen LogP contribution is -2.95. The summed E-state index contributed by atoms with van der Waals surface area (Å²) in [6.07, 6.45) is 17.4. The van der Waals surface area contributed by atoms with Gasteiger partial charge in [-0.3, -0.25) is 0 Å². The molecule has 0 spiro atoms. The molecule has 2 aliphatic carbocycles. The predicted molar refractivity (Wildman–Crippen MR) is 104 cm³/mol. The van der Waals surface area contributed by atoms with Crippen molar-refractivity contribution < 1.29 is 15.2 Å². The highest BCUT2D eigenvalue weighted by Gasteiger charge is 2.22. The predicted octanol–water partition coefficient (Wildman–Crippen LogP) is 3.43. The first kappa shape index (κ1) is 20.2. The average molecular weight is 408 g/mol. The van der Waals surface area contributed by atoms with Gasteiger partial charge >= 0.3 is 0 Å². The van der Waals surface area contributed by atoms with Crippen LogP contribution in [0.5, 0.6) is 0 Å². The van der Waals surface area contributed by atoms with E-state index in [-0.39, 0.29) is 0 Å². The van der Waals surface area contributed by atoms with Crippen molar-refractivity contribution in [2.75, 3.05) is 0 Å². The molecule has 1 aromatic carbocycles. The summed E-state index contributed by atoms with van der Waals surface area (Å²) in [5, 5.41) is 12.8. The van der Waals surface area contributed by atoms with Crippen LogP contribution >= 0.6 is 15.9 Å². The third kappa shape index (κ3) is 8.68. The van der Waals surface area contributed by atoms with Crippen LogP contribution in [0, 0.1) is 0 Å². The molecule has 25 heavy (non-hydrogen) atoms. The Morgan fingerprint density at radius 2 is 1.56 bits per heavy atom. The molecule has 0 saturated heterocycles. The molecule has 2 N–H and O–H groups in total. The largest absolute Gasteiger partial charge is 0.545 e. The lowest BCUT2D eigenvalue weighted by Gasteiger charge is -2.27. The minimum atomic E-state index is -1.19. The van der Waals surface area contributed by atoms with Gasteiger partial charge in [-0.2, -0.15) is 0 Å². The molecule has 4 heteroatoms. The molecule has 0 unspecified atom stereocenters. The van der Waals surface area contributed by atoms with Gasteiger partial charge in [-0.15, -0.1) is 0 Å². The Morgan fingerprint density at radius 1 is 1.00 bits per heavy atom. The Balaban J connectivity index is 0.000000181. The second kappa shape index (κ2) is 11.5. The zero-order chi connectivity index (χ0) is 17.9. The lowest BCUT2D eigenvalue weighted by atomic mass is 9.91. The number of rotatable bonds is 4. The summed E-state index contributed by atoms with van der Waals surface area (Å²) in [6.45, 7) is 0. The first-order valence-electron chi connectivity index (χ1n) is 9.63. The zero-order valence-electron chi connectivity index (χ0n) is 15.0. The van der Waals surface area contributed by atoms with Gasteiger partial charge in [-0.25, -0.2) is 0 Å². The number of carbonyl (C=O) groups excluding carboxylic acids is 1. The van der Waals surface area contributed by atoms with Gasteiger partial charge in [0.15, 0.2) is 0 Å². The van der Waals surface area contributed by atoms with Crippen LogP contribution in [0.25, 0.3) is 6.08 Å². The van der Waals surface area contributed by atoms with Crippen LogP contribution in [0.4, 0.5) is 0 Å². The van der Waals surface area contributed by atoms with E-state index in [1.807, 2.05) is 24.3 Å². The van der Waals surface area contributed by atoms with Crippen molar-refractivity contribution in [1.82, 2.24) is 0 Å². The molecule has 138 valence electrons. The molecule has 1 aromatic rings. The summed E-state index contributed by atoms with van der Waals surface area (Å²) in [5.41, 5.74) is 0.827. The van der Waals surface area contributed by atoms with Crippen molar-refractivity contribution >= 4 is 28.0 Å². The summed E-state index contributed by atoms with van der Waals surface area (Å²) in [4.78, 5) is 10.0. The normalized spacial score (nSPS) is 19.4. The van der Waals surface area contributed by atoms with Crippen molar-refractivity contribution in [3.8, 4) is 0 Å². The first-order valence-corrected chi connectivity index (χ1v) is 10.4. The molecule has 0 aliphatic heterocycles. The van der Waals surface area contributed by atoms with Gasteiger partial charge in [0.25, 0.3) is 0 Å². The molecule has 3 rings (SSSR count). The summed E-state index contributed by atoms with van der Waals surface area (Å²) in [7, 11) is 0. The number of benzene rings is 1. The van der Waals surface area contributed by atoms with Crippen LogP contribution < -0.4 is 10.4 Å². The van der Waals surface area contributed by atoms with Gasteiger partial charge in [0.05, 0.1) is 18.1 Å². The van der Waals surface area contributed by atoms with Crippen LogP contribution in [0.2, 0.25) is 0 Å². The van der Waals surface area contributed by atoms with Crippen molar-refractivity contribution in [1.29, 1.82) is 0 Å². The number of carboxylic acid groups (broad SMARTS) is 1. The Labute approximate surface area is 160 Å². The van der Waals surface area contributed by atoms with Crippen molar-refractivity contribution in [2.24, 2.45) is 0 Å². The van der Waals surface area contributed by atoms with Gasteiger partial charge in [0.2, 0.25) is 0 Å². The average Bonchev–Trinajstić information content (AvgIpc) is 2.62. The number of aliphatic carboxylic acids is 1. The number of halogens is 1. The van der Waals surface area contributed by atoms with Crippen LogP contribution in [-0.4, -0.2) is 18.1 Å². The van der Waals surface area contributed by atoms with E-state index in [0.717, 1.165) is 28.2 Å². The van der Waals surface area contributed by atoms with Crippen LogP contribution in [0.1, 0.15) is 69.8 Å². The molecule has 0 bridgehead atoms. The van der Waals surface area contributed by atoms with Gasteiger partial charge in [0, 0.05) is 4.47 Å². The third-order valence-corrected chi connectivity index (χ3v) is 5.60. The fourth-order valence-electron chi connectivity index (χ4n) is 3.81. The van der Waals surface area contributed by atoms with Crippen LogP contribution in [0.3, 0.4) is 0 Å². The number of carboxylic acids is 1. The molecule has 2 saturated carbocycles. The number of hydrogen-bond acceptors (Lipinski definition) is 2. The minimum absolute atomic E-state index is 0.827. The van der Waals surface area contributed by atoms with E-state index in [2.05, 4.69) is 21.2 Å². The Hall–Kier alpha value is -1.13. The number of carbonyl (C=O) groups is 1. The Morgan fingerprint density at radius 3 is 2.04 bits per heavy atom. The van der Waals surface area contributed by atoms with Crippen molar-refractivity contribution in [3.05, 3.63) is 40.4 Å². The second-order valence-corrected chi connectivity index (χ2v) is 8.11. The molecular formula is C21H30BrNO2. The SMILES string of the molecule is C1CCC([NH2+]C2CCCCC2)CC1.O=C([O-])/C=C/c1cccc(Br)c1. The molecule has 0 amide bonds. The molecule has 0 heterocycles. The van der Waals surface area contributed by atoms with E-state index in [9.17, 15) is 9.90 Å². The van der Waals surface area contributed by atoms with Crippen LogP contribution in [0.15, 0.2) is 34.8 Å². The maximum absolute atomic E-state index is 10.0. The van der Waals surface area contributed by atoms with E-state index >= 15 is 0 Å². The quantitative estimate of drug-likeness (QED) is 0.777. The summed E-state index contributed by atoms with van der Waals surface area (Å²) in [5.74, 6) is -1.19. The number of hydrogen-bond donors (Lipinski definition) is 1. The van der Waals surface area contributed by atoms with Crippen molar-refractivity contribution in [2.45, 2.75) is 76.3 Å². The van der Waals surface area contributed by atoms with E-state index in [0.29, 0.717) is 0 Å². The van der Waals surface area contributed by atoms with Gasteiger partial charge < -0.3 is 15.2 Å². The Bertz CT molecular complexity index is 531. The molecule has 0 radical (unpaired) electrons.